The highest BCUT2D eigenvalue weighted by Crippen LogP contribution is 2.64. The minimum Gasteiger partial charge on any atom is -0.427 e. The van der Waals surface area contributed by atoms with E-state index < -0.39 is 7.94 Å². The Morgan fingerprint density at radius 1 is 0.913 bits per heavy atom. The van der Waals surface area contributed by atoms with Crippen molar-refractivity contribution in [2.45, 2.75) is 20.8 Å². The summed E-state index contributed by atoms with van der Waals surface area (Å²) in [4.78, 5) is 0. The first kappa shape index (κ1) is 21.7. The van der Waals surface area contributed by atoms with Crippen LogP contribution in [0.25, 0.3) is 5.53 Å². The monoisotopic (exact) mass is 342 g/mol. The average Bonchev–Trinajstić information content (AvgIpc) is 2.37. The maximum Gasteiger partial charge on any atom is 0.416 e. The van der Waals surface area contributed by atoms with Gasteiger partial charge in [-0.15, -0.1) is 14.0 Å². The van der Waals surface area contributed by atoms with E-state index in [0.29, 0.717) is 0 Å². The summed E-state index contributed by atoms with van der Waals surface area (Å²) < 4.78 is 13.2. The number of hydrogen-bond donors (Lipinski definition) is 1. The van der Waals surface area contributed by atoms with Crippen LogP contribution in [-0.4, -0.2) is 56.3 Å². The fraction of sp³-hybridized carbons (Fsp3) is 0.600. The summed E-state index contributed by atoms with van der Waals surface area (Å²) in [6, 6.07) is 4.36. The van der Waals surface area contributed by atoms with Crippen LogP contribution in [0.3, 0.4) is 0 Å². The summed E-state index contributed by atoms with van der Waals surface area (Å²) in [7, 11) is 10.5. The Labute approximate surface area is 141 Å². The van der Waals surface area contributed by atoms with Crippen molar-refractivity contribution in [2.75, 3.05) is 42.3 Å². The fourth-order valence-electron chi connectivity index (χ4n) is 2.75. The molecule has 0 bridgehead atoms. The van der Waals surface area contributed by atoms with Gasteiger partial charge in [0.2, 0.25) is 0 Å². The van der Waals surface area contributed by atoms with Crippen LogP contribution in [0.15, 0.2) is 17.4 Å². The molecule has 1 aromatic carbocycles. The van der Waals surface area contributed by atoms with E-state index >= 15 is 0 Å². The van der Waals surface area contributed by atoms with Gasteiger partial charge in [0.05, 0.1) is 0 Å². The zero-order valence-electron chi connectivity index (χ0n) is 15.8. The molecule has 0 aliphatic carbocycles. The number of nitrogens with two attached hydrogens (primary N) is 1. The highest BCUT2D eigenvalue weighted by atomic mass is 31.2. The van der Waals surface area contributed by atoms with Gasteiger partial charge >= 0.3 is 7.94 Å². The molecule has 0 atom stereocenters. The van der Waals surface area contributed by atoms with Crippen LogP contribution in [0.4, 0.5) is 0 Å². The van der Waals surface area contributed by atoms with Gasteiger partial charge in [0.15, 0.2) is 5.75 Å². The molecule has 0 fully saturated rings. The number of nitrogens with zero attached hydrogens (tertiary/aromatic N) is 5. The maximum absolute atomic E-state index is 6.97. The van der Waals surface area contributed by atoms with Gasteiger partial charge in [-0.1, -0.05) is 17.7 Å². The van der Waals surface area contributed by atoms with Crippen molar-refractivity contribution in [2.24, 2.45) is 11.1 Å². The van der Waals surface area contributed by atoms with Gasteiger partial charge in [-0.25, -0.2) is 0 Å². The van der Waals surface area contributed by atoms with E-state index in [1.807, 2.05) is 5.22 Å². The van der Waals surface area contributed by atoms with Gasteiger partial charge < -0.3 is 11.4 Å². The van der Waals surface area contributed by atoms with Gasteiger partial charge in [-0.2, -0.15) is 0 Å². The minimum absolute atomic E-state index is 1.00. The molecule has 0 aromatic heterocycles. The molecule has 8 heteroatoms. The Kier molecular flexibility index (Phi) is 8.63. The molecule has 132 valence electrons. The zero-order valence-corrected chi connectivity index (χ0v) is 16.7. The normalized spacial score (nSPS) is 11.5. The topological polar surface area (TPSA) is 79.6 Å². The van der Waals surface area contributed by atoms with Crippen LogP contribution in [0.1, 0.15) is 16.7 Å². The first-order valence-electron chi connectivity index (χ1n) is 7.28. The highest BCUT2D eigenvalue weighted by Gasteiger charge is 2.52. The van der Waals surface area contributed by atoms with Gasteiger partial charge in [0, 0.05) is 42.3 Å². The van der Waals surface area contributed by atoms with Crippen molar-refractivity contribution in [1.29, 1.82) is 0 Å². The van der Waals surface area contributed by atoms with Crippen LogP contribution in [0.2, 0.25) is 0 Å². The molecule has 0 spiro atoms. The number of benzene rings is 1. The second-order valence-corrected chi connectivity index (χ2v) is 9.60. The Morgan fingerprint density at radius 2 is 1.22 bits per heavy atom. The molecular formula is C15H31N6OP. The van der Waals surface area contributed by atoms with E-state index in [2.05, 4.69) is 95.0 Å². The molecule has 0 aliphatic rings. The summed E-state index contributed by atoms with van der Waals surface area (Å²) in [5, 5.41) is 2.00. The summed E-state index contributed by atoms with van der Waals surface area (Å²) in [6.07, 6.45) is 0. The molecule has 0 radical (unpaired) electrons. The van der Waals surface area contributed by atoms with Crippen LogP contribution >= 0.6 is 7.94 Å². The smallest absolute Gasteiger partial charge is 0.416 e. The largest absolute Gasteiger partial charge is 0.427 e. The lowest BCUT2D eigenvalue weighted by molar-refractivity contribution is 0.349. The average molecular weight is 342 g/mol. The van der Waals surface area contributed by atoms with Crippen molar-refractivity contribution in [1.82, 2.24) is 14.0 Å². The molecule has 23 heavy (non-hydrogen) atoms. The molecule has 0 unspecified atom stereocenters. The first-order valence-corrected chi connectivity index (χ1v) is 8.85. The van der Waals surface area contributed by atoms with E-state index in [4.69, 9.17) is 10.1 Å². The van der Waals surface area contributed by atoms with E-state index in [-0.39, 0.29) is 0 Å². The number of aryl methyl sites for hydroxylation is 3. The third kappa shape index (κ3) is 5.11. The molecule has 0 aliphatic heterocycles. The molecular weight excluding hydrogens is 311 g/mol. The van der Waals surface area contributed by atoms with E-state index in [0.717, 1.165) is 5.75 Å². The molecule has 0 heterocycles. The second-order valence-electron chi connectivity index (χ2n) is 5.99. The van der Waals surface area contributed by atoms with Gasteiger partial charge in [-0.3, -0.25) is 9.75 Å². The highest BCUT2D eigenvalue weighted by molar-refractivity contribution is 7.64. The van der Waals surface area contributed by atoms with Crippen LogP contribution in [0, 0.1) is 20.8 Å². The molecule has 7 nitrogen and oxygen atoms in total. The lowest BCUT2D eigenvalue weighted by atomic mass is 10.1. The van der Waals surface area contributed by atoms with Crippen molar-refractivity contribution < 1.29 is 4.52 Å². The Balaban J connectivity index is 0.00000149. The lowest BCUT2D eigenvalue weighted by Crippen LogP contribution is -2.39. The molecule has 0 amide bonds. The van der Waals surface area contributed by atoms with Crippen LogP contribution < -0.4 is 10.4 Å². The predicted octanol–water partition coefficient (Wildman–Crippen LogP) is 3.23. The maximum atomic E-state index is 6.97. The van der Waals surface area contributed by atoms with E-state index in [1.165, 1.54) is 16.7 Å². The second kappa shape index (κ2) is 9.13. The minimum atomic E-state index is -2.00. The standard InChI is InChI=1S/C15H29N3OP.H2N3/c1-12-10-13(2)15(14(3)11-12)19-20(16(4)5,17(6)7)18(8)9;1-3-2/h10-11H,1-9H3;(H2-,1,2)/q+1;-1. The SMILES string of the molecule is Cc1cc(C)c(O[P+](N(C)C)(N(C)C)N(C)C)c(C)c1.[N-]=NN. The third-order valence-electron chi connectivity index (χ3n) is 3.38. The van der Waals surface area contributed by atoms with Crippen molar-refractivity contribution in [3.05, 3.63) is 34.4 Å². The molecule has 1 rings (SSSR count). The van der Waals surface area contributed by atoms with Crippen LogP contribution in [0.5, 0.6) is 5.75 Å². The number of rotatable bonds is 5. The Bertz CT molecular complexity index is 474. The molecule has 2 N–H and O–H groups in total. The third-order valence-corrected chi connectivity index (χ3v) is 6.94. The molecule has 0 saturated heterocycles. The van der Waals surface area contributed by atoms with Gasteiger partial charge in [0.25, 0.3) is 0 Å². The number of hydrogen-bond acceptors (Lipinski definition) is 5. The first-order chi connectivity index (χ1) is 10.5. The molecule has 1 aromatic rings. The fourth-order valence-corrected chi connectivity index (χ4v) is 5.92. The van der Waals surface area contributed by atoms with Crippen molar-refractivity contribution >= 4 is 7.94 Å². The summed E-state index contributed by atoms with van der Waals surface area (Å²) >= 11 is 0. The van der Waals surface area contributed by atoms with Crippen LogP contribution in [-0.2, 0) is 0 Å². The van der Waals surface area contributed by atoms with E-state index in [1.54, 1.807) is 0 Å². The predicted molar refractivity (Wildman–Crippen MR) is 99.2 cm³/mol. The van der Waals surface area contributed by atoms with Gasteiger partial charge in [-0.05, 0) is 31.9 Å². The van der Waals surface area contributed by atoms with E-state index in [9.17, 15) is 0 Å². The summed E-state index contributed by atoms with van der Waals surface area (Å²) in [5.74, 6) is 5.03. The lowest BCUT2D eigenvalue weighted by Gasteiger charge is -2.37. The molecule has 0 saturated carbocycles. The van der Waals surface area contributed by atoms with Crippen molar-refractivity contribution in [3.63, 3.8) is 0 Å². The summed E-state index contributed by atoms with van der Waals surface area (Å²) in [6.45, 7) is 6.35. The zero-order chi connectivity index (χ0) is 18.4. The Hall–Kier alpha value is -1.27. The Morgan fingerprint density at radius 3 is 1.48 bits per heavy atom. The van der Waals surface area contributed by atoms with Gasteiger partial charge in [0.1, 0.15) is 0 Å². The summed E-state index contributed by atoms with van der Waals surface area (Å²) in [5.41, 5.74) is 10.6. The van der Waals surface area contributed by atoms with Crippen molar-refractivity contribution in [3.8, 4) is 5.75 Å². The quantitative estimate of drug-likeness (QED) is 0.385.